The summed E-state index contributed by atoms with van der Waals surface area (Å²) in [5, 5.41) is 9.94. The highest BCUT2D eigenvalue weighted by atomic mass is 32.1. The highest BCUT2D eigenvalue weighted by molar-refractivity contribution is 7.15. The molecule has 3 heterocycles. The van der Waals surface area contributed by atoms with Gasteiger partial charge in [0.1, 0.15) is 5.82 Å². The third-order valence-corrected chi connectivity index (χ3v) is 4.91. The number of aryl methyl sites for hydroxylation is 2. The molecule has 0 aliphatic heterocycles. The second-order valence-electron chi connectivity index (χ2n) is 5.83. The number of carbonyl (C=O) groups excluding carboxylic acids is 1. The molecular formula is C18H17N5OS. The Kier molecular flexibility index (Phi) is 4.07. The number of nitrogens with one attached hydrogen (secondary N) is 3. The fourth-order valence-electron chi connectivity index (χ4n) is 2.65. The molecule has 0 atom stereocenters. The van der Waals surface area contributed by atoms with Gasteiger partial charge in [-0.2, -0.15) is 5.10 Å². The number of fused-ring (bicyclic) bond motifs is 1. The first-order valence-electron chi connectivity index (χ1n) is 8.03. The van der Waals surface area contributed by atoms with E-state index in [1.54, 1.807) is 11.3 Å². The Morgan fingerprint density at radius 1 is 1.24 bits per heavy atom. The van der Waals surface area contributed by atoms with Crippen LogP contribution in [0.2, 0.25) is 0 Å². The standard InChI is InChI=1S/C18H17N5OS/c1-11-6-7-15(25-11)14-10-17(23-22-14)21-18(24)9-8-16-19-12-4-2-3-5-13(12)20-16/h2-7,10H,8-9H2,1H3,(H,19,20)(H2,21,22,23,24). The van der Waals surface area contributed by atoms with Crippen molar-refractivity contribution in [3.63, 3.8) is 0 Å². The predicted molar refractivity (Wildman–Crippen MR) is 99.7 cm³/mol. The molecule has 1 aromatic carbocycles. The van der Waals surface area contributed by atoms with Gasteiger partial charge in [-0.15, -0.1) is 11.3 Å². The van der Waals surface area contributed by atoms with Crippen LogP contribution in [0, 0.1) is 6.92 Å². The van der Waals surface area contributed by atoms with Crippen LogP contribution in [0.15, 0.2) is 42.5 Å². The monoisotopic (exact) mass is 351 g/mol. The Morgan fingerprint density at radius 3 is 2.92 bits per heavy atom. The van der Waals surface area contributed by atoms with Crippen LogP contribution in [0.25, 0.3) is 21.6 Å². The zero-order valence-electron chi connectivity index (χ0n) is 13.7. The number of hydrogen-bond acceptors (Lipinski definition) is 4. The number of imidazole rings is 1. The van der Waals surface area contributed by atoms with E-state index in [0.29, 0.717) is 18.7 Å². The summed E-state index contributed by atoms with van der Waals surface area (Å²) < 4.78 is 0. The molecule has 4 aromatic rings. The van der Waals surface area contributed by atoms with Gasteiger partial charge in [-0.25, -0.2) is 4.98 Å². The van der Waals surface area contributed by atoms with Crippen molar-refractivity contribution in [3.8, 4) is 10.6 Å². The fraction of sp³-hybridized carbons (Fsp3) is 0.167. The molecule has 0 saturated heterocycles. The lowest BCUT2D eigenvalue weighted by molar-refractivity contribution is -0.116. The molecule has 3 aromatic heterocycles. The predicted octanol–water partition coefficient (Wildman–Crippen LogP) is 3.89. The van der Waals surface area contributed by atoms with Crippen LogP contribution >= 0.6 is 11.3 Å². The van der Waals surface area contributed by atoms with E-state index in [4.69, 9.17) is 0 Å². The van der Waals surface area contributed by atoms with Gasteiger partial charge in [0.25, 0.3) is 0 Å². The number of amides is 1. The summed E-state index contributed by atoms with van der Waals surface area (Å²) in [6.07, 6.45) is 0.905. The molecule has 3 N–H and O–H groups in total. The fourth-order valence-corrected chi connectivity index (χ4v) is 3.49. The molecule has 0 fully saturated rings. The number of nitrogens with zero attached hydrogens (tertiary/aromatic N) is 2. The minimum atomic E-state index is -0.0825. The first-order valence-corrected chi connectivity index (χ1v) is 8.85. The summed E-state index contributed by atoms with van der Waals surface area (Å²) >= 11 is 1.69. The van der Waals surface area contributed by atoms with Crippen LogP contribution in [-0.2, 0) is 11.2 Å². The van der Waals surface area contributed by atoms with E-state index in [-0.39, 0.29) is 5.91 Å². The minimum Gasteiger partial charge on any atom is -0.342 e. The van der Waals surface area contributed by atoms with E-state index in [2.05, 4.69) is 38.5 Å². The summed E-state index contributed by atoms with van der Waals surface area (Å²) in [6, 6.07) is 13.8. The lowest BCUT2D eigenvalue weighted by Crippen LogP contribution is -2.12. The molecule has 0 unspecified atom stereocenters. The maximum atomic E-state index is 12.1. The van der Waals surface area contributed by atoms with Crippen LogP contribution in [0.4, 0.5) is 5.82 Å². The van der Waals surface area contributed by atoms with Crippen molar-refractivity contribution in [2.24, 2.45) is 0 Å². The SMILES string of the molecule is Cc1ccc(-c2cc(NC(=O)CCc3nc4ccccc4[nH]3)n[nH]2)s1. The van der Waals surface area contributed by atoms with E-state index in [9.17, 15) is 4.79 Å². The Morgan fingerprint density at radius 2 is 2.12 bits per heavy atom. The summed E-state index contributed by atoms with van der Waals surface area (Å²) in [7, 11) is 0. The van der Waals surface area contributed by atoms with Crippen molar-refractivity contribution in [2.75, 3.05) is 5.32 Å². The Labute approximate surface area is 148 Å². The number of aromatic nitrogens is 4. The van der Waals surface area contributed by atoms with Crippen molar-refractivity contribution in [2.45, 2.75) is 19.8 Å². The molecule has 0 radical (unpaired) electrons. The van der Waals surface area contributed by atoms with Crippen LogP contribution in [0.3, 0.4) is 0 Å². The second-order valence-corrected chi connectivity index (χ2v) is 7.11. The summed E-state index contributed by atoms with van der Waals surface area (Å²) in [5.74, 6) is 1.27. The number of para-hydroxylation sites is 2. The summed E-state index contributed by atoms with van der Waals surface area (Å²) in [6.45, 7) is 2.06. The second kappa shape index (κ2) is 6.52. The minimum absolute atomic E-state index is 0.0825. The number of benzene rings is 1. The van der Waals surface area contributed by atoms with E-state index < -0.39 is 0 Å². The molecule has 25 heavy (non-hydrogen) atoms. The zero-order valence-corrected chi connectivity index (χ0v) is 14.5. The van der Waals surface area contributed by atoms with Crippen LogP contribution in [-0.4, -0.2) is 26.1 Å². The molecule has 0 saturated carbocycles. The number of aromatic amines is 2. The van der Waals surface area contributed by atoms with Crippen molar-refractivity contribution in [3.05, 3.63) is 53.2 Å². The van der Waals surface area contributed by atoms with Gasteiger partial charge in [0, 0.05) is 23.8 Å². The smallest absolute Gasteiger partial charge is 0.226 e. The number of hydrogen-bond donors (Lipinski definition) is 3. The van der Waals surface area contributed by atoms with E-state index in [0.717, 1.165) is 27.4 Å². The Bertz CT molecular complexity index is 996. The third kappa shape index (κ3) is 3.46. The van der Waals surface area contributed by atoms with Crippen LogP contribution in [0.1, 0.15) is 17.1 Å². The molecule has 7 heteroatoms. The van der Waals surface area contributed by atoms with Gasteiger partial charge in [0.2, 0.25) is 5.91 Å². The number of rotatable bonds is 5. The summed E-state index contributed by atoms with van der Waals surface area (Å²) in [4.78, 5) is 22.2. The lowest BCUT2D eigenvalue weighted by Gasteiger charge is -1.99. The molecule has 4 rings (SSSR count). The van der Waals surface area contributed by atoms with Gasteiger partial charge in [0.05, 0.1) is 21.6 Å². The molecule has 0 spiro atoms. The quantitative estimate of drug-likeness (QED) is 0.510. The van der Waals surface area contributed by atoms with Gasteiger partial charge < -0.3 is 10.3 Å². The third-order valence-electron chi connectivity index (χ3n) is 3.88. The average Bonchev–Trinajstić information content (AvgIpc) is 3.31. The average molecular weight is 351 g/mol. The number of thiophene rings is 1. The van der Waals surface area contributed by atoms with Crippen molar-refractivity contribution in [1.29, 1.82) is 0 Å². The summed E-state index contributed by atoms with van der Waals surface area (Å²) in [5.41, 5.74) is 2.81. The Balaban J connectivity index is 1.36. The number of carbonyl (C=O) groups is 1. The lowest BCUT2D eigenvalue weighted by atomic mass is 10.3. The van der Waals surface area contributed by atoms with Gasteiger partial charge in [-0.1, -0.05) is 12.1 Å². The Hall–Kier alpha value is -2.93. The molecule has 1 amide bonds. The van der Waals surface area contributed by atoms with E-state index >= 15 is 0 Å². The van der Waals surface area contributed by atoms with E-state index in [1.165, 1.54) is 4.88 Å². The van der Waals surface area contributed by atoms with Crippen LogP contribution in [0.5, 0.6) is 0 Å². The molecule has 0 aliphatic rings. The highest BCUT2D eigenvalue weighted by Crippen LogP contribution is 2.27. The molecule has 126 valence electrons. The number of H-pyrrole nitrogens is 2. The molecule has 0 bridgehead atoms. The van der Waals surface area contributed by atoms with Crippen LogP contribution < -0.4 is 5.32 Å². The van der Waals surface area contributed by atoms with Gasteiger partial charge >= 0.3 is 0 Å². The normalized spacial score (nSPS) is 11.1. The van der Waals surface area contributed by atoms with Gasteiger partial charge in [-0.05, 0) is 31.2 Å². The first-order chi connectivity index (χ1) is 12.2. The maximum absolute atomic E-state index is 12.1. The topological polar surface area (TPSA) is 86.5 Å². The first kappa shape index (κ1) is 15.6. The molecule has 6 nitrogen and oxygen atoms in total. The van der Waals surface area contributed by atoms with Gasteiger partial charge in [-0.3, -0.25) is 9.89 Å². The van der Waals surface area contributed by atoms with Crippen molar-refractivity contribution >= 4 is 34.1 Å². The zero-order chi connectivity index (χ0) is 17.2. The molecular weight excluding hydrogens is 334 g/mol. The van der Waals surface area contributed by atoms with Crippen molar-refractivity contribution in [1.82, 2.24) is 20.2 Å². The van der Waals surface area contributed by atoms with Crippen molar-refractivity contribution < 1.29 is 4.79 Å². The van der Waals surface area contributed by atoms with E-state index in [1.807, 2.05) is 36.4 Å². The van der Waals surface area contributed by atoms with Gasteiger partial charge in [0.15, 0.2) is 5.82 Å². The highest BCUT2D eigenvalue weighted by Gasteiger charge is 2.10. The maximum Gasteiger partial charge on any atom is 0.226 e. The largest absolute Gasteiger partial charge is 0.342 e. The molecule has 0 aliphatic carbocycles. The number of anilines is 1.